The monoisotopic (exact) mass is 224 g/mol. The molecule has 0 aliphatic heterocycles. The van der Waals surface area contributed by atoms with Crippen molar-refractivity contribution in [2.24, 2.45) is 0 Å². The summed E-state index contributed by atoms with van der Waals surface area (Å²) in [6.07, 6.45) is 0.861. The predicted molar refractivity (Wildman–Crippen MR) is 62.5 cm³/mol. The molecule has 0 N–H and O–H groups in total. The predicted octanol–water partition coefficient (Wildman–Crippen LogP) is 2.36. The van der Waals surface area contributed by atoms with E-state index >= 15 is 0 Å². The smallest absolute Gasteiger partial charge is 0.238 e. The minimum absolute atomic E-state index is 0.166. The lowest BCUT2D eigenvalue weighted by Crippen LogP contribution is -2.19. The van der Waals surface area contributed by atoms with E-state index < -0.39 is 0 Å². The van der Waals surface area contributed by atoms with Gasteiger partial charge in [0, 0.05) is 5.56 Å². The van der Waals surface area contributed by atoms with Gasteiger partial charge in [-0.3, -0.25) is 0 Å². The third-order valence-electron chi connectivity index (χ3n) is 2.10. The van der Waals surface area contributed by atoms with Crippen molar-refractivity contribution in [3.63, 3.8) is 0 Å². The molecule has 0 spiro atoms. The normalized spacial score (nSPS) is 11.6. The lowest BCUT2D eigenvalue weighted by atomic mass is 10.2. The number of methoxy groups -OCH3 is 1. The Balaban J connectivity index is 2.83. The Hall–Kier alpha value is -1.16. The van der Waals surface area contributed by atoms with Gasteiger partial charge in [0.05, 0.1) is 25.0 Å². The second kappa shape index (κ2) is 5.25. The van der Waals surface area contributed by atoms with E-state index in [0.29, 0.717) is 12.5 Å². The molecule has 0 saturated heterocycles. The zero-order chi connectivity index (χ0) is 12.2. The lowest BCUT2D eigenvalue weighted by molar-refractivity contribution is -0.0159. The van der Waals surface area contributed by atoms with Crippen LogP contribution in [0.15, 0.2) is 6.07 Å². The van der Waals surface area contributed by atoms with Crippen molar-refractivity contribution < 1.29 is 9.47 Å². The maximum atomic E-state index is 5.71. The average molecular weight is 224 g/mol. The van der Waals surface area contributed by atoms with Crippen LogP contribution in [0.2, 0.25) is 0 Å². The van der Waals surface area contributed by atoms with Crippen LogP contribution < -0.4 is 4.74 Å². The minimum Gasteiger partial charge on any atom is -0.480 e. The molecule has 4 heteroatoms. The van der Waals surface area contributed by atoms with Crippen molar-refractivity contribution in [2.75, 3.05) is 7.11 Å². The number of hydrogen-bond acceptors (Lipinski definition) is 4. The molecular weight excluding hydrogens is 204 g/mol. The topological polar surface area (TPSA) is 44.2 Å². The zero-order valence-electron chi connectivity index (χ0n) is 10.7. The van der Waals surface area contributed by atoms with Gasteiger partial charge in [-0.1, -0.05) is 6.92 Å². The van der Waals surface area contributed by atoms with Gasteiger partial charge >= 0.3 is 0 Å². The summed E-state index contributed by atoms with van der Waals surface area (Å²) in [6.45, 7) is 8.61. The van der Waals surface area contributed by atoms with E-state index in [9.17, 15) is 0 Å². The van der Waals surface area contributed by atoms with Gasteiger partial charge in [-0.25, -0.2) is 0 Å². The molecule has 4 nitrogen and oxygen atoms in total. The molecule has 1 heterocycles. The SMILES string of the molecule is CCc1cc(COC(C)(C)C)c(OC)nn1. The number of nitrogens with zero attached hydrogens (tertiary/aromatic N) is 2. The Morgan fingerprint density at radius 1 is 1.25 bits per heavy atom. The fourth-order valence-electron chi connectivity index (χ4n) is 1.21. The average Bonchev–Trinajstić information content (AvgIpc) is 2.25. The van der Waals surface area contributed by atoms with Crippen LogP contribution in [-0.2, 0) is 17.8 Å². The van der Waals surface area contributed by atoms with Gasteiger partial charge in [0.1, 0.15) is 0 Å². The number of aryl methyl sites for hydroxylation is 1. The van der Waals surface area contributed by atoms with E-state index in [2.05, 4.69) is 10.2 Å². The van der Waals surface area contributed by atoms with Crippen molar-refractivity contribution in [3.05, 3.63) is 17.3 Å². The molecular formula is C12H20N2O2. The molecule has 0 fully saturated rings. The molecule has 16 heavy (non-hydrogen) atoms. The summed E-state index contributed by atoms with van der Waals surface area (Å²) in [5.74, 6) is 0.543. The van der Waals surface area contributed by atoms with Gasteiger partial charge in [0.2, 0.25) is 5.88 Å². The Labute approximate surface area is 97.0 Å². The standard InChI is InChI=1S/C12H20N2O2/c1-6-10-7-9(8-16-12(2,3)4)11(15-5)14-13-10/h7H,6,8H2,1-5H3. The third kappa shape index (κ3) is 3.77. The Morgan fingerprint density at radius 3 is 2.44 bits per heavy atom. The highest BCUT2D eigenvalue weighted by atomic mass is 16.5. The highest BCUT2D eigenvalue weighted by molar-refractivity contribution is 5.25. The van der Waals surface area contributed by atoms with Crippen LogP contribution in [0.1, 0.15) is 39.0 Å². The van der Waals surface area contributed by atoms with Crippen molar-refractivity contribution in [1.29, 1.82) is 0 Å². The van der Waals surface area contributed by atoms with E-state index in [4.69, 9.17) is 9.47 Å². The van der Waals surface area contributed by atoms with Crippen LogP contribution in [0.25, 0.3) is 0 Å². The summed E-state index contributed by atoms with van der Waals surface area (Å²) in [5.41, 5.74) is 1.73. The molecule has 1 rings (SSSR count). The van der Waals surface area contributed by atoms with Gasteiger partial charge in [0.15, 0.2) is 0 Å². The molecule has 0 atom stereocenters. The first kappa shape index (κ1) is 12.9. The number of aromatic nitrogens is 2. The fraction of sp³-hybridized carbons (Fsp3) is 0.667. The van der Waals surface area contributed by atoms with E-state index in [1.807, 2.05) is 33.8 Å². The van der Waals surface area contributed by atoms with Gasteiger partial charge < -0.3 is 9.47 Å². The van der Waals surface area contributed by atoms with Crippen LogP contribution in [0.5, 0.6) is 5.88 Å². The van der Waals surface area contributed by atoms with E-state index in [0.717, 1.165) is 17.7 Å². The maximum absolute atomic E-state index is 5.71. The zero-order valence-corrected chi connectivity index (χ0v) is 10.7. The molecule has 0 aliphatic carbocycles. The van der Waals surface area contributed by atoms with Gasteiger partial charge in [0.25, 0.3) is 0 Å². The molecule has 0 bridgehead atoms. The molecule has 0 unspecified atom stereocenters. The van der Waals surface area contributed by atoms with Crippen molar-refractivity contribution in [2.45, 2.75) is 46.3 Å². The second-order valence-corrected chi connectivity index (χ2v) is 4.62. The van der Waals surface area contributed by atoms with Gasteiger partial charge in [-0.05, 0) is 33.3 Å². The number of hydrogen-bond donors (Lipinski definition) is 0. The molecule has 0 radical (unpaired) electrons. The van der Waals surface area contributed by atoms with Crippen LogP contribution in [0.3, 0.4) is 0 Å². The first-order chi connectivity index (χ1) is 7.46. The highest BCUT2D eigenvalue weighted by Gasteiger charge is 2.13. The summed E-state index contributed by atoms with van der Waals surface area (Å²) < 4.78 is 10.9. The van der Waals surface area contributed by atoms with Crippen molar-refractivity contribution >= 4 is 0 Å². The maximum Gasteiger partial charge on any atom is 0.238 e. The molecule has 0 amide bonds. The summed E-state index contributed by atoms with van der Waals surface area (Å²) in [4.78, 5) is 0. The Kier molecular flexibility index (Phi) is 4.24. The Morgan fingerprint density at radius 2 is 1.94 bits per heavy atom. The molecule has 0 aromatic carbocycles. The molecule has 1 aromatic heterocycles. The van der Waals surface area contributed by atoms with Crippen LogP contribution in [0.4, 0.5) is 0 Å². The van der Waals surface area contributed by atoms with Crippen molar-refractivity contribution in [1.82, 2.24) is 10.2 Å². The molecule has 90 valence electrons. The van der Waals surface area contributed by atoms with Crippen LogP contribution in [-0.4, -0.2) is 22.9 Å². The molecule has 1 aromatic rings. The number of ether oxygens (including phenoxy) is 2. The Bertz CT molecular complexity index is 345. The van der Waals surface area contributed by atoms with Crippen LogP contribution >= 0.6 is 0 Å². The van der Waals surface area contributed by atoms with E-state index in [1.54, 1.807) is 7.11 Å². The quantitative estimate of drug-likeness (QED) is 0.787. The summed E-state index contributed by atoms with van der Waals surface area (Å²) in [6, 6.07) is 1.98. The molecule has 0 saturated carbocycles. The minimum atomic E-state index is -0.166. The van der Waals surface area contributed by atoms with Gasteiger partial charge in [-0.15, -0.1) is 5.10 Å². The van der Waals surface area contributed by atoms with Gasteiger partial charge in [-0.2, -0.15) is 5.10 Å². The van der Waals surface area contributed by atoms with E-state index in [-0.39, 0.29) is 5.60 Å². The summed E-state index contributed by atoms with van der Waals surface area (Å²) in [5, 5.41) is 8.06. The summed E-state index contributed by atoms with van der Waals surface area (Å²) in [7, 11) is 1.59. The number of rotatable bonds is 4. The van der Waals surface area contributed by atoms with E-state index in [1.165, 1.54) is 0 Å². The fourth-order valence-corrected chi connectivity index (χ4v) is 1.21. The first-order valence-electron chi connectivity index (χ1n) is 5.49. The largest absolute Gasteiger partial charge is 0.480 e. The molecule has 0 aliphatic rings. The highest BCUT2D eigenvalue weighted by Crippen LogP contribution is 2.19. The first-order valence-corrected chi connectivity index (χ1v) is 5.49. The third-order valence-corrected chi connectivity index (χ3v) is 2.10. The van der Waals surface area contributed by atoms with Crippen molar-refractivity contribution in [3.8, 4) is 5.88 Å². The summed E-state index contributed by atoms with van der Waals surface area (Å²) >= 11 is 0. The van der Waals surface area contributed by atoms with Crippen LogP contribution in [0, 0.1) is 0 Å². The second-order valence-electron chi connectivity index (χ2n) is 4.62. The lowest BCUT2D eigenvalue weighted by Gasteiger charge is -2.20.